The smallest absolute Gasteiger partial charge is 0.279 e. The van der Waals surface area contributed by atoms with Crippen LogP contribution in [0.15, 0.2) is 42.5 Å². The number of rotatable bonds is 6. The van der Waals surface area contributed by atoms with Gasteiger partial charge in [-0.05, 0) is 12.1 Å². The molecule has 0 saturated carbocycles. The number of alkyl halides is 3. The summed E-state index contributed by atoms with van der Waals surface area (Å²) in [6.45, 7) is 0. The van der Waals surface area contributed by atoms with Gasteiger partial charge in [-0.2, -0.15) is 5.01 Å². The summed E-state index contributed by atoms with van der Waals surface area (Å²) in [4.78, 5) is 29.5. The summed E-state index contributed by atoms with van der Waals surface area (Å²) in [5.41, 5.74) is -3.62. The van der Waals surface area contributed by atoms with Crippen LogP contribution in [0.25, 0.3) is 0 Å². The lowest BCUT2D eigenvalue weighted by Gasteiger charge is -2.27. The molecule has 0 aliphatic heterocycles. The van der Waals surface area contributed by atoms with Crippen molar-refractivity contribution in [1.82, 2.24) is 0 Å². The van der Waals surface area contributed by atoms with Gasteiger partial charge in [0.05, 0.1) is 32.6 Å². The van der Waals surface area contributed by atoms with Crippen molar-refractivity contribution in [2.24, 2.45) is 0 Å². The number of benzene rings is 2. The molecule has 0 atom stereocenters. The first-order valence-corrected chi connectivity index (χ1v) is 6.82. The van der Waals surface area contributed by atoms with Gasteiger partial charge in [-0.25, -0.2) is 0 Å². The number of nitro benzene ring substituents is 3. The van der Waals surface area contributed by atoms with Gasteiger partial charge in [0, 0.05) is 0 Å². The van der Waals surface area contributed by atoms with Gasteiger partial charge < -0.3 is 0 Å². The molecular weight excluding hydrogens is 379 g/mol. The predicted molar refractivity (Wildman–Crippen MR) is 85.0 cm³/mol. The van der Waals surface area contributed by atoms with E-state index < -0.39 is 54.5 Å². The monoisotopic (exact) mass is 387 g/mol. The molecule has 2 aromatic carbocycles. The number of nitrogens with one attached hydrogen (secondary N) is 1. The van der Waals surface area contributed by atoms with Crippen molar-refractivity contribution in [1.29, 1.82) is 0 Å². The van der Waals surface area contributed by atoms with E-state index in [1.165, 1.54) is 18.2 Å². The number of para-hydroxylation sites is 1. The summed E-state index contributed by atoms with van der Waals surface area (Å²) in [7, 11) is 0. The Morgan fingerprint density at radius 2 is 1.33 bits per heavy atom. The maximum absolute atomic E-state index is 13.4. The average Bonchev–Trinajstić information content (AvgIpc) is 2.58. The highest BCUT2D eigenvalue weighted by molar-refractivity contribution is 5.78. The van der Waals surface area contributed by atoms with Crippen LogP contribution >= 0.6 is 0 Å². The molecule has 0 amide bonds. The summed E-state index contributed by atoms with van der Waals surface area (Å²) >= 11 is 0. The quantitative estimate of drug-likeness (QED) is 0.448. The van der Waals surface area contributed by atoms with Crippen molar-refractivity contribution in [3.8, 4) is 0 Å². The lowest BCUT2D eigenvalue weighted by atomic mass is 10.2. The van der Waals surface area contributed by atoms with Gasteiger partial charge in [0.15, 0.2) is 0 Å². The molecule has 27 heavy (non-hydrogen) atoms. The maximum atomic E-state index is 13.4. The fourth-order valence-electron chi connectivity index (χ4n) is 2.07. The average molecular weight is 387 g/mol. The molecule has 0 spiro atoms. The van der Waals surface area contributed by atoms with Crippen LogP contribution in [0.5, 0.6) is 0 Å². The third kappa shape index (κ3) is 4.17. The lowest BCUT2D eigenvalue weighted by Crippen LogP contribution is -2.43. The van der Waals surface area contributed by atoms with Crippen molar-refractivity contribution in [2.75, 3.05) is 10.4 Å². The lowest BCUT2D eigenvalue weighted by molar-refractivity contribution is -0.401. The number of hydrogen-bond donors (Lipinski definition) is 1. The fourth-order valence-corrected chi connectivity index (χ4v) is 2.07. The van der Waals surface area contributed by atoms with E-state index in [0.717, 1.165) is 12.1 Å². The van der Waals surface area contributed by atoms with Crippen LogP contribution < -0.4 is 10.4 Å². The van der Waals surface area contributed by atoms with E-state index in [4.69, 9.17) is 0 Å². The first-order valence-electron chi connectivity index (χ1n) is 6.82. The molecule has 0 aromatic heterocycles. The first-order chi connectivity index (χ1) is 12.5. The number of hydrogen-bond acceptors (Lipinski definition) is 8. The number of nitrogens with zero attached hydrogens (tertiary/aromatic N) is 4. The molecule has 2 rings (SSSR count). The largest absolute Gasteiger partial charge is 0.503 e. The van der Waals surface area contributed by atoms with Gasteiger partial charge in [0.2, 0.25) is 5.69 Å². The molecule has 2 aromatic rings. The third-order valence-corrected chi connectivity index (χ3v) is 3.18. The van der Waals surface area contributed by atoms with Gasteiger partial charge in [-0.3, -0.25) is 35.8 Å². The molecule has 1 N–H and O–H groups in total. The van der Waals surface area contributed by atoms with Crippen LogP contribution in [0.4, 0.5) is 41.6 Å². The van der Waals surface area contributed by atoms with E-state index in [1.807, 2.05) is 0 Å². The van der Waals surface area contributed by atoms with Crippen molar-refractivity contribution >= 4 is 28.4 Å². The molecule has 0 saturated heterocycles. The molecule has 0 bridgehead atoms. The zero-order chi connectivity index (χ0) is 20.4. The van der Waals surface area contributed by atoms with Crippen molar-refractivity contribution in [2.45, 2.75) is 6.30 Å². The van der Waals surface area contributed by atoms with Gasteiger partial charge in [-0.1, -0.05) is 18.2 Å². The van der Waals surface area contributed by atoms with Crippen LogP contribution in [0, 0.1) is 30.3 Å². The highest BCUT2D eigenvalue weighted by Gasteiger charge is 2.41. The Bertz CT molecular complexity index is 870. The molecule has 142 valence electrons. The Morgan fingerprint density at radius 3 is 1.70 bits per heavy atom. The molecule has 0 heterocycles. The second-order valence-corrected chi connectivity index (χ2v) is 4.88. The van der Waals surface area contributed by atoms with Gasteiger partial charge in [0.1, 0.15) is 0 Å². The van der Waals surface area contributed by atoms with E-state index >= 15 is 0 Å². The minimum Gasteiger partial charge on any atom is -0.279 e. The molecule has 0 aliphatic carbocycles. The fraction of sp³-hybridized carbons (Fsp3) is 0.0769. The Morgan fingerprint density at radius 1 is 0.852 bits per heavy atom. The molecule has 0 radical (unpaired) electrons. The highest BCUT2D eigenvalue weighted by Crippen LogP contribution is 2.40. The Kier molecular flexibility index (Phi) is 5.09. The molecular formula is C13H8F3N5O6. The van der Waals surface area contributed by atoms with Crippen LogP contribution in [-0.2, 0) is 0 Å². The number of hydrazine groups is 1. The van der Waals surface area contributed by atoms with Crippen LogP contribution in [0.2, 0.25) is 0 Å². The SMILES string of the molecule is O=[N+]([O-])c1cc([N+](=O)[O-])c(NN(c2ccccc2)C(F)(F)F)c([N+](=O)[O-])c1. The van der Waals surface area contributed by atoms with E-state index in [-0.39, 0.29) is 0 Å². The minimum atomic E-state index is -5.13. The summed E-state index contributed by atoms with van der Waals surface area (Å²) in [6.07, 6.45) is -5.13. The van der Waals surface area contributed by atoms with E-state index in [0.29, 0.717) is 12.1 Å². The topological polar surface area (TPSA) is 145 Å². The number of nitro groups is 3. The second-order valence-electron chi connectivity index (χ2n) is 4.88. The Balaban J connectivity index is 2.69. The zero-order valence-electron chi connectivity index (χ0n) is 12.9. The van der Waals surface area contributed by atoms with Crippen molar-refractivity contribution in [3.05, 3.63) is 72.8 Å². The predicted octanol–water partition coefficient (Wildman–Crippen LogP) is 3.76. The minimum absolute atomic E-state index is 0.328. The van der Waals surface area contributed by atoms with Crippen LogP contribution in [-0.4, -0.2) is 21.1 Å². The molecule has 14 heteroatoms. The Labute approximate surface area is 147 Å². The Hall–Kier alpha value is -3.97. The van der Waals surface area contributed by atoms with Gasteiger partial charge in [-0.15, -0.1) is 13.2 Å². The third-order valence-electron chi connectivity index (χ3n) is 3.18. The standard InChI is InChI=1S/C13H8F3N5O6/c14-13(15,16)18(8-4-2-1-3-5-8)17-12-10(20(24)25)6-9(19(22)23)7-11(12)21(26)27/h1-7,17H. The number of halogens is 3. The van der Waals surface area contributed by atoms with Crippen molar-refractivity contribution < 1.29 is 27.9 Å². The van der Waals surface area contributed by atoms with Gasteiger partial charge >= 0.3 is 17.7 Å². The summed E-state index contributed by atoms with van der Waals surface area (Å²) in [5.74, 6) is 0. The summed E-state index contributed by atoms with van der Waals surface area (Å²) in [5, 5.41) is 32.7. The number of non-ortho nitro benzene ring substituents is 1. The van der Waals surface area contributed by atoms with Gasteiger partial charge in [0.25, 0.3) is 5.69 Å². The molecule has 11 nitrogen and oxygen atoms in total. The van der Waals surface area contributed by atoms with Crippen LogP contribution in [0.3, 0.4) is 0 Å². The zero-order valence-corrected chi connectivity index (χ0v) is 12.9. The molecule has 0 unspecified atom stereocenters. The van der Waals surface area contributed by atoms with Crippen LogP contribution in [0.1, 0.15) is 0 Å². The highest BCUT2D eigenvalue weighted by atomic mass is 19.4. The second kappa shape index (κ2) is 7.11. The molecule has 0 aliphatic rings. The molecule has 0 fully saturated rings. The maximum Gasteiger partial charge on any atom is 0.503 e. The van der Waals surface area contributed by atoms with E-state index in [9.17, 15) is 43.5 Å². The number of anilines is 2. The van der Waals surface area contributed by atoms with Crippen molar-refractivity contribution in [3.63, 3.8) is 0 Å². The first kappa shape index (κ1) is 19.4. The van der Waals surface area contributed by atoms with E-state index in [2.05, 4.69) is 0 Å². The van der Waals surface area contributed by atoms with E-state index in [1.54, 1.807) is 5.43 Å². The summed E-state index contributed by atoms with van der Waals surface area (Å²) in [6, 6.07) is 6.56. The summed E-state index contributed by atoms with van der Waals surface area (Å²) < 4.78 is 40.1. The normalized spacial score (nSPS) is 10.9.